The summed E-state index contributed by atoms with van der Waals surface area (Å²) in [5.41, 5.74) is 3.04. The second-order valence-corrected chi connectivity index (χ2v) is 5.07. The Morgan fingerprint density at radius 1 is 1.14 bits per heavy atom. The van der Waals surface area contributed by atoms with Gasteiger partial charge in [0.05, 0.1) is 11.3 Å². The molecule has 1 aromatic heterocycles. The molecule has 0 saturated heterocycles. The van der Waals surface area contributed by atoms with Crippen molar-refractivity contribution in [1.29, 1.82) is 0 Å². The van der Waals surface area contributed by atoms with Crippen LogP contribution in [0.2, 0.25) is 0 Å². The largest absolute Gasteiger partial charge is 0.423 e. The predicted octanol–water partition coefficient (Wildman–Crippen LogP) is 1.98. The normalized spacial score (nSPS) is 14.0. The molecule has 0 fully saturated rings. The Morgan fingerprint density at radius 2 is 1.86 bits per heavy atom. The van der Waals surface area contributed by atoms with E-state index in [0.29, 0.717) is 29.5 Å². The Bertz CT molecular complexity index is 749. The fourth-order valence-corrected chi connectivity index (χ4v) is 2.45. The number of rotatable bonds is 3. The minimum absolute atomic E-state index is 0.120. The van der Waals surface area contributed by atoms with Crippen LogP contribution < -0.4 is 4.90 Å². The molecular formula is C15H15N3O3. The van der Waals surface area contributed by atoms with E-state index in [9.17, 15) is 9.59 Å². The molecule has 6 nitrogen and oxygen atoms in total. The SMILES string of the molecule is CCc1nnc(CN2C(=O)C(=O)c3ccc(C)c(C)c32)o1. The number of carbonyl (C=O) groups is 2. The third-order valence-electron chi connectivity index (χ3n) is 3.76. The van der Waals surface area contributed by atoms with Crippen LogP contribution in [-0.4, -0.2) is 21.9 Å². The van der Waals surface area contributed by atoms with Gasteiger partial charge in [-0.05, 0) is 31.0 Å². The number of nitrogens with zero attached hydrogens (tertiary/aromatic N) is 3. The quantitative estimate of drug-likeness (QED) is 0.806. The number of carbonyl (C=O) groups excluding carboxylic acids is 2. The molecule has 0 saturated carbocycles. The van der Waals surface area contributed by atoms with E-state index in [-0.39, 0.29) is 6.54 Å². The fraction of sp³-hybridized carbons (Fsp3) is 0.333. The number of anilines is 1. The molecule has 21 heavy (non-hydrogen) atoms. The summed E-state index contributed by atoms with van der Waals surface area (Å²) in [5, 5.41) is 7.79. The molecule has 0 N–H and O–H groups in total. The molecule has 2 aromatic rings. The number of aromatic nitrogens is 2. The lowest BCUT2D eigenvalue weighted by Crippen LogP contribution is -2.29. The summed E-state index contributed by atoms with van der Waals surface area (Å²) in [6.07, 6.45) is 0.634. The summed E-state index contributed by atoms with van der Waals surface area (Å²) in [6, 6.07) is 3.55. The van der Waals surface area contributed by atoms with E-state index >= 15 is 0 Å². The van der Waals surface area contributed by atoms with Crippen molar-refractivity contribution in [2.45, 2.75) is 33.7 Å². The fourth-order valence-electron chi connectivity index (χ4n) is 2.45. The van der Waals surface area contributed by atoms with Crippen molar-refractivity contribution in [1.82, 2.24) is 10.2 Å². The standard InChI is InChI=1S/C15H15N3O3/c1-4-11-16-17-12(21-11)7-18-13-9(3)8(2)5-6-10(13)14(19)15(18)20/h5-6H,4,7H2,1-3H3. The summed E-state index contributed by atoms with van der Waals surface area (Å²) < 4.78 is 5.44. The highest BCUT2D eigenvalue weighted by atomic mass is 16.4. The van der Waals surface area contributed by atoms with Gasteiger partial charge in [0, 0.05) is 6.42 Å². The van der Waals surface area contributed by atoms with Crippen LogP contribution in [0.3, 0.4) is 0 Å². The third kappa shape index (κ3) is 2.03. The van der Waals surface area contributed by atoms with E-state index in [2.05, 4.69) is 10.2 Å². The maximum absolute atomic E-state index is 12.2. The maximum Gasteiger partial charge on any atom is 0.299 e. The Morgan fingerprint density at radius 3 is 2.52 bits per heavy atom. The molecule has 0 atom stereocenters. The van der Waals surface area contributed by atoms with Gasteiger partial charge in [-0.1, -0.05) is 13.0 Å². The van der Waals surface area contributed by atoms with Crippen LogP contribution in [0.4, 0.5) is 5.69 Å². The van der Waals surface area contributed by atoms with Crippen LogP contribution in [0, 0.1) is 13.8 Å². The molecule has 0 aliphatic carbocycles. The minimum Gasteiger partial charge on any atom is -0.423 e. The summed E-state index contributed by atoms with van der Waals surface area (Å²) in [6.45, 7) is 5.88. The third-order valence-corrected chi connectivity index (χ3v) is 3.76. The molecule has 1 amide bonds. The van der Waals surface area contributed by atoms with Gasteiger partial charge >= 0.3 is 0 Å². The van der Waals surface area contributed by atoms with E-state index in [4.69, 9.17) is 4.42 Å². The van der Waals surface area contributed by atoms with Crippen LogP contribution >= 0.6 is 0 Å². The van der Waals surface area contributed by atoms with Gasteiger partial charge in [-0.15, -0.1) is 10.2 Å². The number of fused-ring (bicyclic) bond motifs is 1. The average Bonchev–Trinajstić information content (AvgIpc) is 3.02. The topological polar surface area (TPSA) is 76.3 Å². The van der Waals surface area contributed by atoms with E-state index in [1.807, 2.05) is 26.8 Å². The van der Waals surface area contributed by atoms with Crippen molar-refractivity contribution in [3.63, 3.8) is 0 Å². The van der Waals surface area contributed by atoms with Crippen molar-refractivity contribution in [2.24, 2.45) is 0 Å². The lowest BCUT2D eigenvalue weighted by atomic mass is 10.0. The Labute approximate surface area is 121 Å². The Hall–Kier alpha value is -2.50. The van der Waals surface area contributed by atoms with Crippen LogP contribution in [0.25, 0.3) is 0 Å². The minimum atomic E-state index is -0.546. The van der Waals surface area contributed by atoms with Crippen molar-refractivity contribution < 1.29 is 14.0 Å². The van der Waals surface area contributed by atoms with E-state index in [1.165, 1.54) is 4.90 Å². The number of amides is 1. The second kappa shape index (κ2) is 4.80. The Balaban J connectivity index is 2.02. The van der Waals surface area contributed by atoms with Gasteiger partial charge in [0.1, 0.15) is 6.54 Å². The van der Waals surface area contributed by atoms with E-state index in [0.717, 1.165) is 11.1 Å². The van der Waals surface area contributed by atoms with Crippen LogP contribution in [0.5, 0.6) is 0 Å². The van der Waals surface area contributed by atoms with Crippen LogP contribution in [0.15, 0.2) is 16.5 Å². The highest BCUT2D eigenvalue weighted by Gasteiger charge is 2.38. The van der Waals surface area contributed by atoms with Crippen molar-refractivity contribution in [3.8, 4) is 0 Å². The molecule has 1 aliphatic heterocycles. The highest BCUT2D eigenvalue weighted by molar-refractivity contribution is 6.52. The number of ketones is 1. The summed E-state index contributed by atoms with van der Waals surface area (Å²) >= 11 is 0. The number of hydrogen-bond donors (Lipinski definition) is 0. The van der Waals surface area contributed by atoms with Gasteiger partial charge in [0.15, 0.2) is 0 Å². The zero-order valence-electron chi connectivity index (χ0n) is 12.1. The lowest BCUT2D eigenvalue weighted by Gasteiger charge is -2.17. The van der Waals surface area contributed by atoms with Crippen LogP contribution in [0.1, 0.15) is 40.2 Å². The molecule has 1 aliphatic rings. The molecule has 1 aromatic carbocycles. The maximum atomic E-state index is 12.2. The van der Waals surface area contributed by atoms with Gasteiger partial charge in [-0.2, -0.15) is 0 Å². The van der Waals surface area contributed by atoms with Gasteiger partial charge in [0.2, 0.25) is 11.8 Å². The first-order chi connectivity index (χ1) is 10.0. The van der Waals surface area contributed by atoms with Gasteiger partial charge in [-0.3, -0.25) is 14.5 Å². The molecule has 0 radical (unpaired) electrons. The number of benzene rings is 1. The van der Waals surface area contributed by atoms with Crippen molar-refractivity contribution in [2.75, 3.05) is 4.90 Å². The van der Waals surface area contributed by atoms with E-state index < -0.39 is 11.7 Å². The second-order valence-electron chi connectivity index (χ2n) is 5.07. The molecule has 0 bridgehead atoms. The summed E-state index contributed by atoms with van der Waals surface area (Å²) in [5.74, 6) is -0.177. The van der Waals surface area contributed by atoms with Crippen molar-refractivity contribution >= 4 is 17.4 Å². The Kier molecular flexibility index (Phi) is 3.08. The van der Waals surface area contributed by atoms with Gasteiger partial charge in [0.25, 0.3) is 11.7 Å². The first kappa shape index (κ1) is 13.5. The molecule has 3 rings (SSSR count). The predicted molar refractivity (Wildman–Crippen MR) is 75.1 cm³/mol. The van der Waals surface area contributed by atoms with Crippen LogP contribution in [-0.2, 0) is 17.8 Å². The first-order valence-electron chi connectivity index (χ1n) is 6.80. The molecule has 6 heteroatoms. The zero-order valence-corrected chi connectivity index (χ0v) is 12.1. The first-order valence-corrected chi connectivity index (χ1v) is 6.80. The molecule has 108 valence electrons. The lowest BCUT2D eigenvalue weighted by molar-refractivity contribution is -0.114. The smallest absolute Gasteiger partial charge is 0.299 e. The average molecular weight is 285 g/mol. The summed E-state index contributed by atoms with van der Waals surface area (Å²) in [4.78, 5) is 25.7. The number of Topliss-reactive ketones (excluding diaryl/α,β-unsaturated/α-hetero) is 1. The van der Waals surface area contributed by atoms with Gasteiger partial charge < -0.3 is 4.42 Å². The van der Waals surface area contributed by atoms with E-state index in [1.54, 1.807) is 6.07 Å². The zero-order chi connectivity index (χ0) is 15.1. The molecule has 2 heterocycles. The number of aryl methyl sites for hydroxylation is 2. The number of hydrogen-bond acceptors (Lipinski definition) is 5. The monoisotopic (exact) mass is 285 g/mol. The van der Waals surface area contributed by atoms with Gasteiger partial charge in [-0.25, -0.2) is 0 Å². The summed E-state index contributed by atoms with van der Waals surface area (Å²) in [7, 11) is 0. The molecular weight excluding hydrogens is 270 g/mol. The molecule has 0 unspecified atom stereocenters. The molecule has 0 spiro atoms. The highest BCUT2D eigenvalue weighted by Crippen LogP contribution is 2.34. The van der Waals surface area contributed by atoms with Crippen molar-refractivity contribution in [3.05, 3.63) is 40.6 Å².